The molecule has 0 saturated heterocycles. The van der Waals surface area contributed by atoms with Gasteiger partial charge in [-0.1, -0.05) is 141 Å². The van der Waals surface area contributed by atoms with Crippen molar-refractivity contribution in [3.8, 4) is 22.3 Å². The van der Waals surface area contributed by atoms with Crippen molar-refractivity contribution in [1.82, 2.24) is 0 Å². The molecule has 0 bridgehead atoms. The van der Waals surface area contributed by atoms with Gasteiger partial charge < -0.3 is 4.90 Å². The lowest BCUT2D eigenvalue weighted by molar-refractivity contribution is 0.666. The zero-order valence-corrected chi connectivity index (χ0v) is 28.0. The van der Waals surface area contributed by atoms with Crippen LogP contribution in [0.3, 0.4) is 0 Å². The molecule has 8 rings (SSSR count). The molecule has 7 aromatic rings. The van der Waals surface area contributed by atoms with Crippen molar-refractivity contribution in [2.75, 3.05) is 4.90 Å². The van der Waals surface area contributed by atoms with Gasteiger partial charge in [0.25, 0.3) is 0 Å². The molecule has 230 valence electrons. The van der Waals surface area contributed by atoms with Gasteiger partial charge in [0.1, 0.15) is 0 Å². The summed E-state index contributed by atoms with van der Waals surface area (Å²) in [6.45, 7) is 11.4. The number of para-hydroxylation sites is 2. The Morgan fingerprint density at radius 1 is 0.447 bits per heavy atom. The van der Waals surface area contributed by atoms with E-state index in [9.17, 15) is 0 Å². The third-order valence-corrected chi connectivity index (χ3v) is 9.67. The molecule has 47 heavy (non-hydrogen) atoms. The van der Waals surface area contributed by atoms with Gasteiger partial charge >= 0.3 is 0 Å². The standard InChI is InChI=1S/C39H33N.C7H8/c1-26-25-30(40(28-15-7-5-8-16-28)29-17-9-6-10-18-29)23-24-31(26)36-27(2)37-34-21-13-14-22-35(34)39(3,4)38(37)33-20-12-11-19-32(33)36;1-7-5-3-2-4-6-7/h5-25H,1-4H3;2-6H,1H3. The molecular weight excluding hydrogens is 567 g/mol. The largest absolute Gasteiger partial charge is 0.310 e. The highest BCUT2D eigenvalue weighted by Crippen LogP contribution is 2.55. The van der Waals surface area contributed by atoms with Gasteiger partial charge in [0.2, 0.25) is 0 Å². The van der Waals surface area contributed by atoms with Crippen LogP contribution in [-0.2, 0) is 5.41 Å². The van der Waals surface area contributed by atoms with Crippen LogP contribution in [0.25, 0.3) is 33.0 Å². The van der Waals surface area contributed by atoms with E-state index in [1.165, 1.54) is 60.8 Å². The van der Waals surface area contributed by atoms with Crippen molar-refractivity contribution < 1.29 is 0 Å². The lowest BCUT2D eigenvalue weighted by atomic mass is 9.78. The second-order valence-corrected chi connectivity index (χ2v) is 13.1. The van der Waals surface area contributed by atoms with Crippen LogP contribution in [0.2, 0.25) is 0 Å². The smallest absolute Gasteiger partial charge is 0.0464 e. The Morgan fingerprint density at radius 2 is 0.979 bits per heavy atom. The number of fused-ring (bicyclic) bond motifs is 5. The summed E-state index contributed by atoms with van der Waals surface area (Å²) >= 11 is 0. The number of hydrogen-bond acceptors (Lipinski definition) is 1. The van der Waals surface area contributed by atoms with Crippen molar-refractivity contribution >= 4 is 27.8 Å². The number of nitrogens with zero attached hydrogens (tertiary/aromatic N) is 1. The Kier molecular flexibility index (Phi) is 8.00. The van der Waals surface area contributed by atoms with Crippen molar-refractivity contribution in [3.05, 3.63) is 186 Å². The van der Waals surface area contributed by atoms with E-state index in [1.54, 1.807) is 0 Å². The van der Waals surface area contributed by atoms with Gasteiger partial charge in [0.05, 0.1) is 0 Å². The molecule has 0 N–H and O–H groups in total. The van der Waals surface area contributed by atoms with Crippen LogP contribution in [0.15, 0.2) is 158 Å². The Hall–Kier alpha value is -5.40. The summed E-state index contributed by atoms with van der Waals surface area (Å²) in [5.74, 6) is 0. The minimum absolute atomic E-state index is 0.0421. The second-order valence-electron chi connectivity index (χ2n) is 13.1. The summed E-state index contributed by atoms with van der Waals surface area (Å²) < 4.78 is 0. The summed E-state index contributed by atoms with van der Waals surface area (Å²) in [6, 6.07) is 56.4. The molecule has 0 unspecified atom stereocenters. The topological polar surface area (TPSA) is 3.24 Å². The lowest BCUT2D eigenvalue weighted by Gasteiger charge is -2.27. The molecule has 0 saturated carbocycles. The van der Waals surface area contributed by atoms with Crippen LogP contribution >= 0.6 is 0 Å². The van der Waals surface area contributed by atoms with Gasteiger partial charge in [-0.3, -0.25) is 0 Å². The molecule has 7 aromatic carbocycles. The zero-order valence-electron chi connectivity index (χ0n) is 28.0. The highest BCUT2D eigenvalue weighted by atomic mass is 15.1. The fraction of sp³-hybridized carbons (Fsp3) is 0.130. The van der Waals surface area contributed by atoms with E-state index in [4.69, 9.17) is 0 Å². The summed E-state index contributed by atoms with van der Waals surface area (Å²) in [4.78, 5) is 2.34. The van der Waals surface area contributed by atoms with E-state index in [-0.39, 0.29) is 5.41 Å². The molecule has 1 nitrogen and oxygen atoms in total. The Labute approximate surface area is 279 Å². The fourth-order valence-electron chi connectivity index (χ4n) is 7.49. The maximum atomic E-state index is 2.38. The molecule has 0 radical (unpaired) electrons. The van der Waals surface area contributed by atoms with Crippen LogP contribution in [0.1, 0.15) is 41.7 Å². The van der Waals surface area contributed by atoms with Gasteiger partial charge in [-0.05, 0) is 112 Å². The highest BCUT2D eigenvalue weighted by molar-refractivity contribution is 6.08. The predicted molar refractivity (Wildman–Crippen MR) is 202 cm³/mol. The minimum atomic E-state index is -0.0421. The van der Waals surface area contributed by atoms with Crippen molar-refractivity contribution in [3.63, 3.8) is 0 Å². The summed E-state index contributed by atoms with van der Waals surface area (Å²) in [5.41, 5.74) is 15.7. The SMILES string of the molecule is Cc1cc(N(c2ccccc2)c2ccccc2)ccc1-c1c(C)c2c(c3ccccc13)C(C)(C)c1ccccc1-2.Cc1ccccc1. The first kappa shape index (κ1) is 30.3. The number of hydrogen-bond donors (Lipinski definition) is 0. The average molecular weight is 608 g/mol. The first-order valence-electron chi connectivity index (χ1n) is 16.5. The molecule has 0 aromatic heterocycles. The average Bonchev–Trinajstić information content (AvgIpc) is 3.34. The minimum Gasteiger partial charge on any atom is -0.310 e. The quantitative estimate of drug-likeness (QED) is 0.192. The molecular formula is C46H41N. The number of benzene rings is 7. The number of anilines is 3. The van der Waals surface area contributed by atoms with Crippen molar-refractivity contribution in [2.24, 2.45) is 0 Å². The Bertz CT molecular complexity index is 2140. The van der Waals surface area contributed by atoms with Crippen LogP contribution in [0, 0.1) is 20.8 Å². The third kappa shape index (κ3) is 5.42. The molecule has 1 heteroatoms. The summed E-state index contributed by atoms with van der Waals surface area (Å²) in [7, 11) is 0. The molecule has 0 spiro atoms. The van der Waals surface area contributed by atoms with Crippen LogP contribution in [0.5, 0.6) is 0 Å². The first-order chi connectivity index (χ1) is 22.9. The third-order valence-electron chi connectivity index (χ3n) is 9.67. The van der Waals surface area contributed by atoms with E-state index >= 15 is 0 Å². The Balaban J connectivity index is 0.000000447. The van der Waals surface area contributed by atoms with E-state index in [1.807, 2.05) is 18.2 Å². The van der Waals surface area contributed by atoms with Gasteiger partial charge in [-0.2, -0.15) is 0 Å². The lowest BCUT2D eigenvalue weighted by Crippen LogP contribution is -2.15. The van der Waals surface area contributed by atoms with Crippen molar-refractivity contribution in [2.45, 2.75) is 40.0 Å². The molecule has 0 amide bonds. The monoisotopic (exact) mass is 607 g/mol. The maximum absolute atomic E-state index is 2.38. The van der Waals surface area contributed by atoms with Gasteiger partial charge in [0, 0.05) is 22.5 Å². The molecule has 0 heterocycles. The van der Waals surface area contributed by atoms with Gasteiger partial charge in [0.15, 0.2) is 0 Å². The second kappa shape index (κ2) is 12.4. The fourth-order valence-corrected chi connectivity index (χ4v) is 7.49. The predicted octanol–water partition coefficient (Wildman–Crippen LogP) is 12.9. The Morgan fingerprint density at radius 3 is 1.55 bits per heavy atom. The highest BCUT2D eigenvalue weighted by Gasteiger charge is 2.38. The molecule has 1 aliphatic carbocycles. The van der Waals surface area contributed by atoms with Gasteiger partial charge in [-0.25, -0.2) is 0 Å². The zero-order chi connectivity index (χ0) is 32.5. The number of rotatable bonds is 4. The first-order valence-corrected chi connectivity index (χ1v) is 16.5. The van der Waals surface area contributed by atoms with Crippen LogP contribution < -0.4 is 4.90 Å². The summed E-state index contributed by atoms with van der Waals surface area (Å²) in [5, 5.41) is 2.69. The van der Waals surface area contributed by atoms with E-state index in [0.717, 1.165) is 17.1 Å². The van der Waals surface area contributed by atoms with Gasteiger partial charge in [-0.15, -0.1) is 0 Å². The molecule has 0 aliphatic heterocycles. The van der Waals surface area contributed by atoms with Crippen LogP contribution in [-0.4, -0.2) is 0 Å². The normalized spacial score (nSPS) is 12.5. The maximum Gasteiger partial charge on any atom is 0.0464 e. The van der Waals surface area contributed by atoms with E-state index in [0.29, 0.717) is 0 Å². The number of aryl methyl sites for hydroxylation is 2. The summed E-state index contributed by atoms with van der Waals surface area (Å²) in [6.07, 6.45) is 0. The molecule has 0 atom stereocenters. The van der Waals surface area contributed by atoms with E-state index in [2.05, 4.69) is 179 Å². The molecule has 0 fully saturated rings. The van der Waals surface area contributed by atoms with Crippen LogP contribution in [0.4, 0.5) is 17.1 Å². The van der Waals surface area contributed by atoms with Crippen molar-refractivity contribution in [1.29, 1.82) is 0 Å². The van der Waals surface area contributed by atoms with E-state index < -0.39 is 0 Å². The molecule has 1 aliphatic rings.